The fourth-order valence-electron chi connectivity index (χ4n) is 3.67. The second-order valence-electron chi connectivity index (χ2n) is 7.01. The van der Waals surface area contributed by atoms with Gasteiger partial charge in [-0.25, -0.2) is 9.36 Å². The average Bonchev–Trinajstić information content (AvgIpc) is 2.55. The zero-order valence-corrected chi connectivity index (χ0v) is 15.6. The van der Waals surface area contributed by atoms with Crippen molar-refractivity contribution in [3.8, 4) is 16.9 Å². The Balaban J connectivity index is 2.07. The summed E-state index contributed by atoms with van der Waals surface area (Å²) in [6.45, 7) is 4.10. The van der Waals surface area contributed by atoms with Crippen LogP contribution >= 0.6 is 15.9 Å². The van der Waals surface area contributed by atoms with Crippen LogP contribution in [0.4, 0.5) is 0 Å². The Kier molecular flexibility index (Phi) is 3.58. The van der Waals surface area contributed by atoms with E-state index >= 15 is 0 Å². The molecule has 1 N–H and O–H groups in total. The molecule has 4 nitrogen and oxygen atoms in total. The third-order valence-electron chi connectivity index (χ3n) is 4.78. The van der Waals surface area contributed by atoms with E-state index < -0.39 is 5.69 Å². The number of hydrogen-bond donors (Lipinski definition) is 1. The molecule has 4 rings (SSSR count). The molecule has 0 amide bonds. The molecule has 0 aliphatic heterocycles. The minimum Gasteiger partial charge on any atom is -0.306 e. The Morgan fingerprint density at radius 3 is 2.44 bits per heavy atom. The molecule has 0 saturated heterocycles. The van der Waals surface area contributed by atoms with Gasteiger partial charge in [-0.2, -0.15) is 0 Å². The van der Waals surface area contributed by atoms with Gasteiger partial charge in [0.25, 0.3) is 5.56 Å². The van der Waals surface area contributed by atoms with E-state index in [0.29, 0.717) is 16.9 Å². The molecule has 2 aromatic carbocycles. The van der Waals surface area contributed by atoms with Crippen molar-refractivity contribution >= 4 is 15.9 Å². The van der Waals surface area contributed by atoms with Crippen LogP contribution in [0.2, 0.25) is 0 Å². The monoisotopic (exact) mass is 396 g/mol. The number of benzene rings is 2. The van der Waals surface area contributed by atoms with Crippen molar-refractivity contribution in [2.24, 2.45) is 0 Å². The highest BCUT2D eigenvalue weighted by Crippen LogP contribution is 2.39. The molecule has 126 valence electrons. The van der Waals surface area contributed by atoms with Crippen LogP contribution in [-0.4, -0.2) is 9.55 Å². The van der Waals surface area contributed by atoms with Gasteiger partial charge < -0.3 is 4.98 Å². The Hall–Kier alpha value is -2.40. The van der Waals surface area contributed by atoms with Crippen molar-refractivity contribution < 1.29 is 0 Å². The second-order valence-corrected chi connectivity index (χ2v) is 7.93. The molecule has 1 aliphatic rings. The quantitative estimate of drug-likeness (QED) is 0.680. The van der Waals surface area contributed by atoms with Gasteiger partial charge in [0.1, 0.15) is 0 Å². The Labute approximate surface area is 153 Å². The van der Waals surface area contributed by atoms with Crippen molar-refractivity contribution in [3.05, 3.63) is 85.0 Å². The summed E-state index contributed by atoms with van der Waals surface area (Å²) in [5, 5.41) is 0. The van der Waals surface area contributed by atoms with Crippen LogP contribution in [0.3, 0.4) is 0 Å². The van der Waals surface area contributed by atoms with Crippen molar-refractivity contribution in [2.45, 2.75) is 25.7 Å². The molecule has 0 radical (unpaired) electrons. The van der Waals surface area contributed by atoms with Gasteiger partial charge in [0.15, 0.2) is 0 Å². The molecular formula is C20H17BrN2O2. The molecule has 25 heavy (non-hydrogen) atoms. The summed E-state index contributed by atoms with van der Waals surface area (Å²) in [5.74, 6) is 0. The normalized spacial score (nSPS) is 14.7. The topological polar surface area (TPSA) is 54.9 Å². The fraction of sp³-hybridized carbons (Fsp3) is 0.200. The molecule has 1 aliphatic carbocycles. The van der Waals surface area contributed by atoms with E-state index in [2.05, 4.69) is 27.0 Å². The number of fused-ring (bicyclic) bond motifs is 3. The molecule has 1 aromatic heterocycles. The lowest BCUT2D eigenvalue weighted by Crippen LogP contribution is -2.43. The van der Waals surface area contributed by atoms with E-state index in [1.165, 1.54) is 4.57 Å². The molecule has 0 atom stereocenters. The Morgan fingerprint density at radius 1 is 1.04 bits per heavy atom. The summed E-state index contributed by atoms with van der Waals surface area (Å²) in [5.41, 5.74) is 2.93. The number of rotatable bonds is 1. The fourth-order valence-corrected chi connectivity index (χ4v) is 3.94. The van der Waals surface area contributed by atoms with E-state index in [1.807, 2.05) is 44.2 Å². The SMILES string of the molecule is CC1(C)Cc2ccccc2-c2[nH]c(=O)n(-c3ccc(Br)cc3)c(=O)c21. The third-order valence-corrected chi connectivity index (χ3v) is 5.31. The molecule has 0 unspecified atom stereocenters. The largest absolute Gasteiger partial charge is 0.333 e. The summed E-state index contributed by atoms with van der Waals surface area (Å²) in [6.07, 6.45) is 0.762. The van der Waals surface area contributed by atoms with Gasteiger partial charge in [0.2, 0.25) is 0 Å². The maximum Gasteiger partial charge on any atom is 0.333 e. The summed E-state index contributed by atoms with van der Waals surface area (Å²) in [6, 6.07) is 15.1. The van der Waals surface area contributed by atoms with Gasteiger partial charge >= 0.3 is 5.69 Å². The van der Waals surface area contributed by atoms with Gasteiger partial charge in [-0.15, -0.1) is 0 Å². The zero-order chi connectivity index (χ0) is 17.8. The van der Waals surface area contributed by atoms with Crippen LogP contribution in [-0.2, 0) is 11.8 Å². The van der Waals surface area contributed by atoms with Crippen LogP contribution in [0.15, 0.2) is 62.6 Å². The van der Waals surface area contributed by atoms with Crippen molar-refractivity contribution in [3.63, 3.8) is 0 Å². The molecule has 0 fully saturated rings. The van der Waals surface area contributed by atoms with Gasteiger partial charge in [0.05, 0.1) is 11.4 Å². The van der Waals surface area contributed by atoms with Crippen LogP contribution in [0.1, 0.15) is 25.0 Å². The number of nitrogens with zero attached hydrogens (tertiary/aromatic N) is 1. The van der Waals surface area contributed by atoms with Gasteiger partial charge in [-0.1, -0.05) is 54.0 Å². The Morgan fingerprint density at radius 2 is 1.72 bits per heavy atom. The summed E-state index contributed by atoms with van der Waals surface area (Å²) >= 11 is 3.38. The maximum absolute atomic E-state index is 13.3. The highest BCUT2D eigenvalue weighted by molar-refractivity contribution is 9.10. The highest BCUT2D eigenvalue weighted by Gasteiger charge is 2.35. The molecule has 3 aromatic rings. The maximum atomic E-state index is 13.3. The van der Waals surface area contributed by atoms with Gasteiger partial charge in [-0.05, 0) is 36.2 Å². The summed E-state index contributed by atoms with van der Waals surface area (Å²) in [4.78, 5) is 28.9. The smallest absolute Gasteiger partial charge is 0.306 e. The van der Waals surface area contributed by atoms with Gasteiger partial charge in [-0.3, -0.25) is 4.79 Å². The first-order chi connectivity index (χ1) is 11.9. The number of aromatic nitrogens is 2. The van der Waals surface area contributed by atoms with Crippen LogP contribution in [0, 0.1) is 0 Å². The van der Waals surface area contributed by atoms with Crippen molar-refractivity contribution in [2.75, 3.05) is 0 Å². The molecule has 0 bridgehead atoms. The molecule has 0 spiro atoms. The highest BCUT2D eigenvalue weighted by atomic mass is 79.9. The lowest BCUT2D eigenvalue weighted by atomic mass is 9.72. The first kappa shape index (κ1) is 16.1. The number of nitrogens with one attached hydrogen (secondary N) is 1. The van der Waals surface area contributed by atoms with Crippen molar-refractivity contribution in [1.29, 1.82) is 0 Å². The molecule has 0 saturated carbocycles. The molecular weight excluding hydrogens is 380 g/mol. The van der Waals surface area contributed by atoms with E-state index in [9.17, 15) is 9.59 Å². The standard InChI is InChI=1S/C20H17BrN2O2/c1-20(2)11-12-5-3-4-6-15(12)17-16(20)18(24)23(19(25)22-17)14-9-7-13(21)8-10-14/h3-10H,11H2,1-2H3,(H,22,25). The number of hydrogen-bond acceptors (Lipinski definition) is 2. The minimum absolute atomic E-state index is 0.249. The van der Waals surface area contributed by atoms with E-state index in [4.69, 9.17) is 0 Å². The van der Waals surface area contributed by atoms with Crippen molar-refractivity contribution in [1.82, 2.24) is 9.55 Å². The lowest BCUT2D eigenvalue weighted by molar-refractivity contribution is 0.502. The van der Waals surface area contributed by atoms with Gasteiger partial charge in [0, 0.05) is 21.0 Å². The van der Waals surface area contributed by atoms with Crippen LogP contribution in [0.25, 0.3) is 16.9 Å². The summed E-state index contributed by atoms with van der Waals surface area (Å²) < 4.78 is 2.12. The number of halogens is 1. The van der Waals surface area contributed by atoms with Crippen LogP contribution in [0.5, 0.6) is 0 Å². The first-order valence-electron chi connectivity index (χ1n) is 8.12. The predicted octanol–water partition coefficient (Wildman–Crippen LogP) is 3.79. The number of aromatic amines is 1. The van der Waals surface area contributed by atoms with E-state index in [0.717, 1.165) is 22.0 Å². The molecule has 5 heteroatoms. The molecule has 1 heterocycles. The minimum atomic E-state index is -0.418. The van der Waals surface area contributed by atoms with E-state index in [1.54, 1.807) is 12.1 Å². The third kappa shape index (κ3) is 2.50. The summed E-state index contributed by atoms with van der Waals surface area (Å²) in [7, 11) is 0. The second kappa shape index (κ2) is 5.56. The number of H-pyrrole nitrogens is 1. The zero-order valence-electron chi connectivity index (χ0n) is 14.0. The lowest BCUT2D eigenvalue weighted by Gasteiger charge is -2.33. The average molecular weight is 397 g/mol. The Bertz CT molecular complexity index is 1090. The predicted molar refractivity (Wildman–Crippen MR) is 103 cm³/mol. The first-order valence-corrected chi connectivity index (χ1v) is 8.92. The van der Waals surface area contributed by atoms with E-state index in [-0.39, 0.29) is 11.0 Å². The van der Waals surface area contributed by atoms with Crippen LogP contribution < -0.4 is 11.2 Å².